The molecular formula is C61H37NO. The van der Waals surface area contributed by atoms with Crippen LogP contribution in [0.3, 0.4) is 0 Å². The molecule has 0 atom stereocenters. The quantitative estimate of drug-likeness (QED) is 0.165. The van der Waals surface area contributed by atoms with E-state index in [4.69, 9.17) is 4.42 Å². The molecule has 0 N–H and O–H groups in total. The summed E-state index contributed by atoms with van der Waals surface area (Å²) < 4.78 is 6.53. The van der Waals surface area contributed by atoms with Gasteiger partial charge in [0.2, 0.25) is 0 Å². The summed E-state index contributed by atoms with van der Waals surface area (Å²) in [5.74, 6) is 0. The number of hydrogen-bond donors (Lipinski definition) is 0. The normalized spacial score (nSPS) is 13.2. The third-order valence-electron chi connectivity index (χ3n) is 14.1. The third kappa shape index (κ3) is 4.62. The molecule has 292 valence electrons. The highest BCUT2D eigenvalue weighted by Gasteiger charge is 2.52. The maximum Gasteiger partial charge on any atom is 0.143 e. The Hall–Kier alpha value is -8.20. The molecular weight excluding hydrogens is 763 g/mol. The largest absolute Gasteiger partial charge is 0.455 e. The molecule has 11 aromatic carbocycles. The summed E-state index contributed by atoms with van der Waals surface area (Å²) in [7, 11) is 0. The predicted octanol–water partition coefficient (Wildman–Crippen LogP) is 16.5. The Morgan fingerprint density at radius 1 is 0.317 bits per heavy atom. The number of para-hydroxylation sites is 2. The molecule has 0 bridgehead atoms. The summed E-state index contributed by atoms with van der Waals surface area (Å²) in [6.07, 6.45) is 0. The van der Waals surface area contributed by atoms with E-state index in [1.807, 2.05) is 6.07 Å². The molecule has 1 heterocycles. The molecule has 63 heavy (non-hydrogen) atoms. The molecule has 2 heteroatoms. The molecule has 12 aromatic rings. The first-order chi connectivity index (χ1) is 31.3. The molecule has 1 spiro atoms. The Balaban J connectivity index is 1.04. The minimum Gasteiger partial charge on any atom is -0.455 e. The lowest BCUT2D eigenvalue weighted by molar-refractivity contribution is 0.670. The number of benzene rings is 11. The summed E-state index contributed by atoms with van der Waals surface area (Å²) >= 11 is 0. The van der Waals surface area contributed by atoms with Gasteiger partial charge in [0.25, 0.3) is 0 Å². The summed E-state index contributed by atoms with van der Waals surface area (Å²) in [4.78, 5) is 2.50. The van der Waals surface area contributed by atoms with Gasteiger partial charge in [-0.2, -0.15) is 0 Å². The minimum absolute atomic E-state index is 0.450. The first-order valence-corrected chi connectivity index (χ1v) is 21.8. The van der Waals surface area contributed by atoms with E-state index in [0.717, 1.165) is 50.1 Å². The van der Waals surface area contributed by atoms with Crippen molar-refractivity contribution in [3.8, 4) is 33.4 Å². The number of furan rings is 1. The van der Waals surface area contributed by atoms with E-state index in [0.29, 0.717) is 0 Å². The van der Waals surface area contributed by atoms with Crippen molar-refractivity contribution in [3.63, 3.8) is 0 Å². The Labute approximate surface area is 364 Å². The number of rotatable bonds is 4. The summed E-state index contributed by atoms with van der Waals surface area (Å²) in [6.45, 7) is 0. The average molecular weight is 800 g/mol. The zero-order valence-corrected chi connectivity index (χ0v) is 34.2. The third-order valence-corrected chi connectivity index (χ3v) is 14.1. The Morgan fingerprint density at radius 3 is 1.48 bits per heavy atom. The van der Waals surface area contributed by atoms with Crippen LogP contribution in [0.2, 0.25) is 0 Å². The Bertz CT molecular complexity index is 3790. The van der Waals surface area contributed by atoms with Crippen LogP contribution in [0.4, 0.5) is 17.1 Å². The van der Waals surface area contributed by atoms with E-state index in [-0.39, 0.29) is 0 Å². The van der Waals surface area contributed by atoms with E-state index in [9.17, 15) is 0 Å². The van der Waals surface area contributed by atoms with Crippen LogP contribution in [0, 0.1) is 0 Å². The SMILES string of the molecule is c1ccc2c(c1)-c1ccccc1C21c2ccccc2-c2c(N(c3ccc(-c4cccc5c4oc4ccccc45)cc3)c3ccc4c5ccccc5c5ccccc5c4c3)cccc21. The van der Waals surface area contributed by atoms with Gasteiger partial charge >= 0.3 is 0 Å². The zero-order chi connectivity index (χ0) is 41.2. The summed E-state index contributed by atoms with van der Waals surface area (Å²) in [6, 6.07) is 82.9. The maximum absolute atomic E-state index is 6.53. The molecule has 14 rings (SSSR count). The van der Waals surface area contributed by atoms with Crippen molar-refractivity contribution in [2.45, 2.75) is 5.41 Å². The summed E-state index contributed by atoms with van der Waals surface area (Å²) in [5, 5.41) is 9.83. The monoisotopic (exact) mass is 799 g/mol. The van der Waals surface area contributed by atoms with Gasteiger partial charge in [-0.1, -0.05) is 188 Å². The van der Waals surface area contributed by atoms with Gasteiger partial charge in [-0.15, -0.1) is 0 Å². The molecule has 0 unspecified atom stereocenters. The second kappa shape index (κ2) is 12.9. The highest BCUT2D eigenvalue weighted by atomic mass is 16.3. The Kier molecular flexibility index (Phi) is 7.07. The molecule has 2 nitrogen and oxygen atoms in total. The van der Waals surface area contributed by atoms with Crippen LogP contribution < -0.4 is 4.90 Å². The van der Waals surface area contributed by atoms with Gasteiger partial charge in [0.1, 0.15) is 11.2 Å². The lowest BCUT2D eigenvalue weighted by Gasteiger charge is -2.32. The fourth-order valence-electron chi connectivity index (χ4n) is 11.5. The molecule has 0 saturated carbocycles. The van der Waals surface area contributed by atoms with E-state index in [1.165, 1.54) is 76.8 Å². The minimum atomic E-state index is -0.450. The smallest absolute Gasteiger partial charge is 0.143 e. The zero-order valence-electron chi connectivity index (χ0n) is 34.2. The van der Waals surface area contributed by atoms with Crippen molar-refractivity contribution in [1.29, 1.82) is 0 Å². The van der Waals surface area contributed by atoms with Gasteiger partial charge in [-0.3, -0.25) is 0 Å². The first-order valence-electron chi connectivity index (χ1n) is 21.8. The van der Waals surface area contributed by atoms with E-state index >= 15 is 0 Å². The number of nitrogens with zero attached hydrogens (tertiary/aromatic N) is 1. The second-order valence-corrected chi connectivity index (χ2v) is 17.1. The van der Waals surface area contributed by atoms with Crippen LogP contribution in [-0.4, -0.2) is 0 Å². The fraction of sp³-hybridized carbons (Fsp3) is 0.0164. The van der Waals surface area contributed by atoms with Crippen molar-refractivity contribution in [1.82, 2.24) is 0 Å². The van der Waals surface area contributed by atoms with Crippen LogP contribution in [0.25, 0.3) is 87.6 Å². The molecule has 0 radical (unpaired) electrons. The lowest BCUT2D eigenvalue weighted by Crippen LogP contribution is -2.26. The number of hydrogen-bond acceptors (Lipinski definition) is 2. The van der Waals surface area contributed by atoms with E-state index in [1.54, 1.807) is 0 Å². The maximum atomic E-state index is 6.53. The van der Waals surface area contributed by atoms with E-state index < -0.39 is 5.41 Å². The molecule has 0 amide bonds. The molecule has 2 aliphatic rings. The first kappa shape index (κ1) is 34.5. The number of fused-ring (bicyclic) bond motifs is 19. The standard InChI is InChI=1S/C61H37NO/c1-2-17-44-42(15-1)43-16-3-4-18-45(43)52-37-40(35-36-46(44)52)62(39-33-31-38(32-34-39)41-23-13-24-50-49-21-8-12-30-58(49)63-60(41)50)57-29-14-28-56-59(57)51-22-7-11-27-55(51)61(56)53-25-9-5-19-47(53)48-20-6-10-26-54(48)61/h1-37H. The van der Waals surface area contributed by atoms with Gasteiger partial charge in [-0.05, 0) is 113 Å². The Morgan fingerprint density at radius 2 is 0.794 bits per heavy atom. The van der Waals surface area contributed by atoms with Crippen LogP contribution in [0.5, 0.6) is 0 Å². The van der Waals surface area contributed by atoms with E-state index in [2.05, 4.69) is 223 Å². The van der Waals surface area contributed by atoms with Crippen molar-refractivity contribution in [2.75, 3.05) is 4.90 Å². The van der Waals surface area contributed by atoms with Crippen LogP contribution in [0.1, 0.15) is 22.3 Å². The average Bonchev–Trinajstić information content (AvgIpc) is 3.99. The van der Waals surface area contributed by atoms with Gasteiger partial charge in [0, 0.05) is 33.3 Å². The van der Waals surface area contributed by atoms with Gasteiger partial charge in [-0.25, -0.2) is 0 Å². The van der Waals surface area contributed by atoms with Gasteiger partial charge in [0.15, 0.2) is 0 Å². The van der Waals surface area contributed by atoms with Crippen molar-refractivity contribution >= 4 is 71.3 Å². The topological polar surface area (TPSA) is 16.4 Å². The van der Waals surface area contributed by atoms with Crippen molar-refractivity contribution in [2.24, 2.45) is 0 Å². The fourth-order valence-corrected chi connectivity index (χ4v) is 11.5. The predicted molar refractivity (Wildman–Crippen MR) is 263 cm³/mol. The van der Waals surface area contributed by atoms with Crippen LogP contribution >= 0.6 is 0 Å². The molecule has 1 aromatic heterocycles. The summed E-state index contributed by atoms with van der Waals surface area (Å²) in [5.41, 5.74) is 17.4. The number of anilines is 3. The highest BCUT2D eigenvalue weighted by molar-refractivity contribution is 6.26. The van der Waals surface area contributed by atoms with Gasteiger partial charge in [0.05, 0.1) is 11.1 Å². The lowest BCUT2D eigenvalue weighted by atomic mass is 9.70. The second-order valence-electron chi connectivity index (χ2n) is 17.1. The molecule has 0 aliphatic heterocycles. The molecule has 0 saturated heterocycles. The van der Waals surface area contributed by atoms with Crippen LogP contribution in [-0.2, 0) is 5.41 Å². The van der Waals surface area contributed by atoms with Crippen molar-refractivity contribution in [3.05, 3.63) is 247 Å². The molecule has 2 aliphatic carbocycles. The van der Waals surface area contributed by atoms with Gasteiger partial charge < -0.3 is 9.32 Å². The highest BCUT2D eigenvalue weighted by Crippen LogP contribution is 2.64. The van der Waals surface area contributed by atoms with Crippen LogP contribution in [0.15, 0.2) is 229 Å². The van der Waals surface area contributed by atoms with Crippen molar-refractivity contribution < 1.29 is 4.42 Å². The molecule has 0 fully saturated rings.